The first kappa shape index (κ1) is 21.9. The standard InChI is InChI=1S/C27H34N4O2/c1-17(2)23-16-29-26(32)24(23)20-6-8-21(9-7-20)27(33)31-12-10-30(11-13-31)25-18(3)14-22(15-28-25)19-4-5-19/h6-9,14-15,17,19,23-24H,4-5,10-13,16H2,1-3H3,(H,29,32)/t23?,24-/m0/s1. The Balaban J connectivity index is 1.22. The second kappa shape index (κ2) is 8.81. The number of nitrogens with one attached hydrogen (secondary N) is 1. The number of anilines is 1. The molecule has 0 radical (unpaired) electrons. The van der Waals surface area contributed by atoms with E-state index in [9.17, 15) is 9.59 Å². The van der Waals surface area contributed by atoms with Crippen molar-refractivity contribution < 1.29 is 9.59 Å². The van der Waals surface area contributed by atoms with Gasteiger partial charge in [-0.1, -0.05) is 32.0 Å². The van der Waals surface area contributed by atoms with Gasteiger partial charge in [-0.25, -0.2) is 4.98 Å². The number of aromatic nitrogens is 1. The molecule has 2 aromatic rings. The molecule has 6 nitrogen and oxygen atoms in total. The molecule has 6 heteroatoms. The third-order valence-corrected chi connectivity index (χ3v) is 7.58. The number of carbonyl (C=O) groups is 2. The lowest BCUT2D eigenvalue weighted by molar-refractivity contribution is -0.120. The van der Waals surface area contributed by atoms with E-state index in [-0.39, 0.29) is 17.7 Å². The topological polar surface area (TPSA) is 65.5 Å². The zero-order valence-electron chi connectivity index (χ0n) is 19.9. The van der Waals surface area contributed by atoms with Crippen LogP contribution in [0.2, 0.25) is 0 Å². The molecule has 1 N–H and O–H groups in total. The van der Waals surface area contributed by atoms with E-state index in [1.807, 2.05) is 35.4 Å². The van der Waals surface area contributed by atoms with E-state index in [2.05, 4.69) is 37.1 Å². The van der Waals surface area contributed by atoms with Crippen LogP contribution in [0.5, 0.6) is 0 Å². The molecule has 1 aromatic heterocycles. The van der Waals surface area contributed by atoms with Crippen LogP contribution in [0.1, 0.15) is 65.6 Å². The second-order valence-corrected chi connectivity index (χ2v) is 10.2. The van der Waals surface area contributed by atoms with Crippen molar-refractivity contribution in [3.63, 3.8) is 0 Å². The zero-order valence-corrected chi connectivity index (χ0v) is 19.9. The summed E-state index contributed by atoms with van der Waals surface area (Å²) in [5, 5.41) is 3.00. The molecule has 1 unspecified atom stereocenters. The van der Waals surface area contributed by atoms with Crippen molar-refractivity contribution >= 4 is 17.6 Å². The molecular weight excluding hydrogens is 412 g/mol. The number of nitrogens with zero attached hydrogens (tertiary/aromatic N) is 3. The van der Waals surface area contributed by atoms with Gasteiger partial charge in [-0.15, -0.1) is 0 Å². The number of amides is 2. The number of hydrogen-bond donors (Lipinski definition) is 1. The maximum Gasteiger partial charge on any atom is 0.253 e. The van der Waals surface area contributed by atoms with E-state index in [0.29, 0.717) is 36.4 Å². The Morgan fingerprint density at radius 2 is 1.76 bits per heavy atom. The van der Waals surface area contributed by atoms with E-state index >= 15 is 0 Å². The summed E-state index contributed by atoms with van der Waals surface area (Å²) in [6.45, 7) is 10.1. The largest absolute Gasteiger partial charge is 0.355 e. The van der Waals surface area contributed by atoms with Crippen LogP contribution in [-0.4, -0.2) is 54.4 Å². The zero-order chi connectivity index (χ0) is 23.1. The third-order valence-electron chi connectivity index (χ3n) is 7.58. The van der Waals surface area contributed by atoms with Crippen LogP contribution in [-0.2, 0) is 4.79 Å². The molecule has 0 bridgehead atoms. The Bertz CT molecular complexity index is 1040. The average Bonchev–Trinajstić information content (AvgIpc) is 3.60. The maximum atomic E-state index is 13.1. The Kier molecular flexibility index (Phi) is 5.85. The molecule has 2 saturated heterocycles. The second-order valence-electron chi connectivity index (χ2n) is 10.2. The van der Waals surface area contributed by atoms with Crippen molar-refractivity contribution in [3.05, 3.63) is 58.8 Å². The van der Waals surface area contributed by atoms with Gasteiger partial charge in [-0.3, -0.25) is 9.59 Å². The summed E-state index contributed by atoms with van der Waals surface area (Å²) in [5.74, 6) is 2.51. The van der Waals surface area contributed by atoms with Crippen LogP contribution in [0, 0.1) is 18.8 Å². The van der Waals surface area contributed by atoms with Crippen LogP contribution >= 0.6 is 0 Å². The third kappa shape index (κ3) is 4.35. The Labute approximate surface area is 196 Å². The van der Waals surface area contributed by atoms with Gasteiger partial charge < -0.3 is 15.1 Å². The van der Waals surface area contributed by atoms with Gasteiger partial charge in [0.2, 0.25) is 5.91 Å². The highest BCUT2D eigenvalue weighted by Crippen LogP contribution is 2.40. The predicted molar refractivity (Wildman–Crippen MR) is 130 cm³/mol. The van der Waals surface area contributed by atoms with Gasteiger partial charge in [0.1, 0.15) is 5.82 Å². The summed E-state index contributed by atoms with van der Waals surface area (Å²) < 4.78 is 0. The normalized spacial score (nSPS) is 23.2. The van der Waals surface area contributed by atoms with Crippen molar-refractivity contribution in [1.29, 1.82) is 0 Å². The lowest BCUT2D eigenvalue weighted by atomic mass is 9.81. The molecule has 1 saturated carbocycles. The SMILES string of the molecule is Cc1cc(C2CC2)cnc1N1CCN(C(=O)c2ccc([C@@H]3C(=O)NCC3C(C)C)cc2)CC1. The maximum absolute atomic E-state index is 13.1. The molecule has 1 aliphatic carbocycles. The fraction of sp³-hybridized carbons (Fsp3) is 0.519. The van der Waals surface area contributed by atoms with Crippen molar-refractivity contribution in [3.8, 4) is 0 Å². The molecule has 3 aliphatic rings. The molecule has 3 fully saturated rings. The first-order valence-electron chi connectivity index (χ1n) is 12.3. The van der Waals surface area contributed by atoms with Crippen molar-refractivity contribution in [1.82, 2.24) is 15.2 Å². The van der Waals surface area contributed by atoms with E-state index in [1.54, 1.807) is 0 Å². The van der Waals surface area contributed by atoms with Gasteiger partial charge in [0.05, 0.1) is 5.92 Å². The molecule has 5 rings (SSSR count). The minimum absolute atomic E-state index is 0.0613. The fourth-order valence-corrected chi connectivity index (χ4v) is 5.36. The van der Waals surface area contributed by atoms with Gasteiger partial charge in [0, 0.05) is 44.5 Å². The predicted octanol–water partition coefficient (Wildman–Crippen LogP) is 3.72. The van der Waals surface area contributed by atoms with Gasteiger partial charge >= 0.3 is 0 Å². The molecule has 2 amide bonds. The smallest absolute Gasteiger partial charge is 0.253 e. The summed E-state index contributed by atoms with van der Waals surface area (Å²) in [6.07, 6.45) is 4.61. The number of piperazine rings is 1. The highest BCUT2D eigenvalue weighted by atomic mass is 16.2. The number of hydrogen-bond acceptors (Lipinski definition) is 4. The number of aryl methyl sites for hydroxylation is 1. The monoisotopic (exact) mass is 446 g/mol. The number of pyridine rings is 1. The van der Waals surface area contributed by atoms with Crippen LogP contribution in [0.3, 0.4) is 0 Å². The first-order valence-corrected chi connectivity index (χ1v) is 12.3. The molecular formula is C27H34N4O2. The summed E-state index contributed by atoms with van der Waals surface area (Å²) in [5.41, 5.74) is 4.28. The lowest BCUT2D eigenvalue weighted by Crippen LogP contribution is -2.49. The highest BCUT2D eigenvalue weighted by Gasteiger charge is 2.37. The summed E-state index contributed by atoms with van der Waals surface area (Å²) in [7, 11) is 0. The van der Waals surface area contributed by atoms with E-state index in [1.165, 1.54) is 24.0 Å². The number of rotatable bonds is 5. The molecule has 174 valence electrons. The van der Waals surface area contributed by atoms with Gasteiger partial charge in [-0.2, -0.15) is 0 Å². The average molecular weight is 447 g/mol. The molecule has 1 aromatic carbocycles. The Morgan fingerprint density at radius 1 is 1.06 bits per heavy atom. The van der Waals surface area contributed by atoms with Crippen LogP contribution in [0.4, 0.5) is 5.82 Å². The molecule has 2 aliphatic heterocycles. The Hall–Kier alpha value is -2.89. The summed E-state index contributed by atoms with van der Waals surface area (Å²) >= 11 is 0. The molecule has 0 spiro atoms. The van der Waals surface area contributed by atoms with Gasteiger partial charge in [-0.05, 0) is 66.3 Å². The molecule has 2 atom stereocenters. The van der Waals surface area contributed by atoms with Crippen LogP contribution < -0.4 is 10.2 Å². The fourth-order valence-electron chi connectivity index (χ4n) is 5.36. The van der Waals surface area contributed by atoms with Gasteiger partial charge in [0.15, 0.2) is 0 Å². The quantitative estimate of drug-likeness (QED) is 0.760. The summed E-state index contributed by atoms with van der Waals surface area (Å²) in [6, 6.07) is 9.98. The minimum Gasteiger partial charge on any atom is -0.355 e. The van der Waals surface area contributed by atoms with Crippen LogP contribution in [0.25, 0.3) is 0 Å². The van der Waals surface area contributed by atoms with E-state index < -0.39 is 0 Å². The highest BCUT2D eigenvalue weighted by molar-refractivity contribution is 5.94. The molecule has 3 heterocycles. The van der Waals surface area contributed by atoms with Crippen molar-refractivity contribution in [2.24, 2.45) is 11.8 Å². The van der Waals surface area contributed by atoms with E-state index in [0.717, 1.165) is 31.0 Å². The molecule has 33 heavy (non-hydrogen) atoms. The van der Waals surface area contributed by atoms with Crippen molar-refractivity contribution in [2.75, 3.05) is 37.6 Å². The Morgan fingerprint density at radius 3 is 2.36 bits per heavy atom. The van der Waals surface area contributed by atoms with Crippen molar-refractivity contribution in [2.45, 2.75) is 45.4 Å². The number of benzene rings is 1. The van der Waals surface area contributed by atoms with Gasteiger partial charge in [0.25, 0.3) is 5.91 Å². The minimum atomic E-state index is -0.125. The number of carbonyl (C=O) groups excluding carboxylic acids is 2. The summed E-state index contributed by atoms with van der Waals surface area (Å²) in [4.78, 5) is 34.5. The first-order chi connectivity index (χ1) is 15.9. The van der Waals surface area contributed by atoms with E-state index in [4.69, 9.17) is 4.98 Å². The lowest BCUT2D eigenvalue weighted by Gasteiger charge is -2.36. The van der Waals surface area contributed by atoms with Crippen LogP contribution in [0.15, 0.2) is 36.5 Å².